The van der Waals surface area contributed by atoms with Crippen LogP contribution in [0.25, 0.3) is 0 Å². The van der Waals surface area contributed by atoms with Crippen LogP contribution in [-0.4, -0.2) is 23.4 Å². The van der Waals surface area contributed by atoms with Crippen molar-refractivity contribution in [2.75, 3.05) is 6.61 Å². The van der Waals surface area contributed by atoms with E-state index in [0.717, 1.165) is 19.4 Å². The summed E-state index contributed by atoms with van der Waals surface area (Å²) in [5.41, 5.74) is -0.201. The van der Waals surface area contributed by atoms with Crippen LogP contribution in [-0.2, 0) is 4.74 Å². The highest BCUT2D eigenvalue weighted by Crippen LogP contribution is 2.45. The van der Waals surface area contributed by atoms with Gasteiger partial charge in [0.2, 0.25) is 0 Å². The largest absolute Gasteiger partial charge is 0.390 e. The summed E-state index contributed by atoms with van der Waals surface area (Å²) in [5, 5.41) is 10.4. The van der Waals surface area contributed by atoms with Crippen molar-refractivity contribution in [3.05, 3.63) is 0 Å². The number of rotatable bonds is 4. The third-order valence-corrected chi connectivity index (χ3v) is 4.03. The summed E-state index contributed by atoms with van der Waals surface area (Å²) in [6, 6.07) is 0. The maximum Gasteiger partial charge on any atom is 0.0945 e. The molecule has 0 heterocycles. The molecule has 0 aromatic carbocycles. The van der Waals surface area contributed by atoms with E-state index in [0.29, 0.717) is 11.8 Å². The lowest BCUT2D eigenvalue weighted by Gasteiger charge is -2.43. The fourth-order valence-electron chi connectivity index (χ4n) is 3.16. The Bertz CT molecular complexity index is 209. The zero-order valence-corrected chi connectivity index (χ0v) is 10.0. The number of hydrogen-bond donors (Lipinski definition) is 1. The summed E-state index contributed by atoms with van der Waals surface area (Å²) < 4.78 is 5.95. The fourth-order valence-corrected chi connectivity index (χ4v) is 3.16. The molecule has 2 fully saturated rings. The van der Waals surface area contributed by atoms with Crippen LogP contribution in [0.4, 0.5) is 0 Å². The van der Waals surface area contributed by atoms with Gasteiger partial charge in [0.15, 0.2) is 0 Å². The van der Waals surface area contributed by atoms with Crippen molar-refractivity contribution in [2.45, 2.75) is 64.1 Å². The van der Waals surface area contributed by atoms with Crippen molar-refractivity contribution in [3.8, 4) is 0 Å². The summed E-state index contributed by atoms with van der Waals surface area (Å²) in [7, 11) is 0. The van der Waals surface area contributed by atoms with Gasteiger partial charge in [0.25, 0.3) is 0 Å². The number of ether oxygens (including phenoxy) is 1. The normalized spacial score (nSPS) is 39.0. The van der Waals surface area contributed by atoms with Crippen LogP contribution < -0.4 is 0 Å². The maximum atomic E-state index is 10.4. The molecule has 0 aliphatic heterocycles. The van der Waals surface area contributed by atoms with Gasteiger partial charge in [-0.2, -0.15) is 0 Å². The Morgan fingerprint density at radius 3 is 2.67 bits per heavy atom. The first-order valence-electron chi connectivity index (χ1n) is 6.50. The van der Waals surface area contributed by atoms with Crippen LogP contribution in [0.1, 0.15) is 52.4 Å². The van der Waals surface area contributed by atoms with E-state index >= 15 is 0 Å². The Morgan fingerprint density at radius 1 is 1.40 bits per heavy atom. The highest BCUT2D eigenvalue weighted by molar-refractivity contribution is 4.99. The minimum absolute atomic E-state index is 0.201. The van der Waals surface area contributed by atoms with Crippen molar-refractivity contribution in [1.29, 1.82) is 0 Å². The van der Waals surface area contributed by atoms with Crippen molar-refractivity contribution in [1.82, 2.24) is 0 Å². The van der Waals surface area contributed by atoms with Crippen LogP contribution in [0, 0.1) is 11.8 Å². The predicted octanol–water partition coefficient (Wildman–Crippen LogP) is 2.74. The summed E-state index contributed by atoms with van der Waals surface area (Å²) in [5.74, 6) is 1.24. The zero-order chi connectivity index (χ0) is 10.9. The number of hydrogen-bond acceptors (Lipinski definition) is 2. The molecule has 2 nitrogen and oxygen atoms in total. The average molecular weight is 212 g/mol. The Balaban J connectivity index is 2.06. The van der Waals surface area contributed by atoms with Crippen molar-refractivity contribution in [2.24, 2.45) is 11.8 Å². The van der Waals surface area contributed by atoms with Crippen molar-refractivity contribution >= 4 is 0 Å². The second-order valence-electron chi connectivity index (χ2n) is 5.48. The minimum Gasteiger partial charge on any atom is -0.390 e. The van der Waals surface area contributed by atoms with Gasteiger partial charge in [-0.25, -0.2) is 0 Å². The molecule has 1 N–H and O–H groups in total. The average Bonchev–Trinajstić information content (AvgIpc) is 3.00. The molecule has 2 aliphatic rings. The molecule has 0 aromatic heterocycles. The monoisotopic (exact) mass is 212 g/mol. The maximum absolute atomic E-state index is 10.4. The van der Waals surface area contributed by atoms with Crippen LogP contribution in [0.5, 0.6) is 0 Å². The van der Waals surface area contributed by atoms with E-state index in [1.807, 2.05) is 6.92 Å². The first-order valence-corrected chi connectivity index (χ1v) is 6.50. The molecule has 15 heavy (non-hydrogen) atoms. The second-order valence-corrected chi connectivity index (χ2v) is 5.48. The molecular formula is C13H24O2. The molecule has 0 aromatic rings. The van der Waals surface area contributed by atoms with Gasteiger partial charge in [-0.15, -0.1) is 0 Å². The van der Waals surface area contributed by atoms with Crippen LogP contribution in [0.15, 0.2) is 0 Å². The molecule has 3 unspecified atom stereocenters. The Labute approximate surface area is 93.0 Å². The van der Waals surface area contributed by atoms with Crippen molar-refractivity contribution in [3.63, 3.8) is 0 Å². The molecule has 2 saturated carbocycles. The predicted molar refractivity (Wildman–Crippen MR) is 60.7 cm³/mol. The van der Waals surface area contributed by atoms with Crippen LogP contribution >= 0.6 is 0 Å². The molecule has 3 atom stereocenters. The van der Waals surface area contributed by atoms with Gasteiger partial charge >= 0.3 is 0 Å². The second kappa shape index (κ2) is 4.42. The van der Waals surface area contributed by atoms with E-state index in [2.05, 4.69) is 6.92 Å². The van der Waals surface area contributed by atoms with E-state index in [9.17, 15) is 5.11 Å². The Kier molecular flexibility index (Phi) is 3.36. The van der Waals surface area contributed by atoms with Gasteiger partial charge in [0.1, 0.15) is 0 Å². The third kappa shape index (κ3) is 2.36. The quantitative estimate of drug-likeness (QED) is 0.776. The molecule has 0 radical (unpaired) electrons. The first kappa shape index (κ1) is 11.4. The Hall–Kier alpha value is -0.0800. The summed E-state index contributed by atoms with van der Waals surface area (Å²) in [6.07, 6.45) is 6.81. The van der Waals surface area contributed by atoms with Gasteiger partial charge in [-0.1, -0.05) is 19.8 Å². The number of aliphatic hydroxyl groups is 1. The highest BCUT2D eigenvalue weighted by atomic mass is 16.5. The van der Waals surface area contributed by atoms with Crippen LogP contribution in [0.3, 0.4) is 0 Å². The molecule has 88 valence electrons. The van der Waals surface area contributed by atoms with Gasteiger partial charge in [-0.05, 0) is 44.4 Å². The SMILES string of the molecule is CCOC1(C(O)C2CC2)CCCC(C)C1. The summed E-state index contributed by atoms with van der Waals surface area (Å²) >= 11 is 0. The van der Waals surface area contributed by atoms with Gasteiger partial charge in [0.05, 0.1) is 11.7 Å². The molecular weight excluding hydrogens is 188 g/mol. The zero-order valence-electron chi connectivity index (χ0n) is 10.0. The lowest BCUT2D eigenvalue weighted by Crippen LogP contribution is -2.49. The molecule has 2 rings (SSSR count). The third-order valence-electron chi connectivity index (χ3n) is 4.03. The molecule has 0 saturated heterocycles. The lowest BCUT2D eigenvalue weighted by atomic mass is 9.74. The molecule has 0 bridgehead atoms. The van der Waals surface area contributed by atoms with Gasteiger partial charge in [-0.3, -0.25) is 0 Å². The summed E-state index contributed by atoms with van der Waals surface area (Å²) in [6.45, 7) is 5.06. The fraction of sp³-hybridized carbons (Fsp3) is 1.00. The van der Waals surface area contributed by atoms with Gasteiger partial charge in [0, 0.05) is 6.61 Å². The van der Waals surface area contributed by atoms with Gasteiger partial charge < -0.3 is 9.84 Å². The van der Waals surface area contributed by atoms with Crippen molar-refractivity contribution < 1.29 is 9.84 Å². The summed E-state index contributed by atoms with van der Waals surface area (Å²) in [4.78, 5) is 0. The minimum atomic E-state index is -0.208. The molecule has 2 heteroatoms. The molecule has 2 aliphatic carbocycles. The number of aliphatic hydroxyl groups excluding tert-OH is 1. The smallest absolute Gasteiger partial charge is 0.0945 e. The highest BCUT2D eigenvalue weighted by Gasteiger charge is 2.48. The van der Waals surface area contributed by atoms with E-state index < -0.39 is 0 Å². The molecule has 0 spiro atoms. The van der Waals surface area contributed by atoms with E-state index in [-0.39, 0.29) is 11.7 Å². The lowest BCUT2D eigenvalue weighted by molar-refractivity contribution is -0.153. The van der Waals surface area contributed by atoms with E-state index in [1.54, 1.807) is 0 Å². The van der Waals surface area contributed by atoms with Crippen LogP contribution in [0.2, 0.25) is 0 Å². The topological polar surface area (TPSA) is 29.5 Å². The van der Waals surface area contributed by atoms with E-state index in [1.165, 1.54) is 25.7 Å². The van der Waals surface area contributed by atoms with E-state index in [4.69, 9.17) is 4.74 Å². The molecule has 0 amide bonds. The first-order chi connectivity index (χ1) is 7.18. The standard InChI is InChI=1S/C13H24O2/c1-3-15-13(12(14)11-6-7-11)8-4-5-10(2)9-13/h10-12,14H,3-9H2,1-2H3. The Morgan fingerprint density at radius 2 is 2.13 bits per heavy atom.